The molecule has 2 rings (SSSR count). The molecule has 0 heterocycles. The van der Waals surface area contributed by atoms with Gasteiger partial charge in [0.15, 0.2) is 0 Å². The van der Waals surface area contributed by atoms with E-state index in [4.69, 9.17) is 5.14 Å². The molecule has 0 radical (unpaired) electrons. The number of nitrogens with zero attached hydrogens (tertiary/aromatic N) is 2. The zero-order valence-electron chi connectivity index (χ0n) is 13.2. The summed E-state index contributed by atoms with van der Waals surface area (Å²) in [6, 6.07) is 12.8. The lowest BCUT2D eigenvalue weighted by atomic mass is 10.0. The Morgan fingerprint density at radius 1 is 0.864 bits per heavy atom. The smallest absolute Gasteiger partial charge is 0.238 e. The van der Waals surface area contributed by atoms with Crippen LogP contribution in [-0.4, -0.2) is 36.6 Å². The van der Waals surface area contributed by atoms with Crippen LogP contribution >= 0.6 is 0 Å². The lowest BCUT2D eigenvalue weighted by Crippen LogP contribution is -2.13. The standard InChI is InChI=1S/C16H21N3O2S/c1-18(2)13-7-10-15(16(11-13)19(3)4)12-5-8-14(9-6-12)22(17,20)21/h5-11H,1-4H3,(H2,17,20,21). The summed E-state index contributed by atoms with van der Waals surface area (Å²) in [7, 11) is 4.29. The van der Waals surface area contributed by atoms with Gasteiger partial charge in [-0.1, -0.05) is 18.2 Å². The lowest BCUT2D eigenvalue weighted by Gasteiger charge is -2.21. The molecule has 0 aromatic heterocycles. The summed E-state index contributed by atoms with van der Waals surface area (Å²) in [5.41, 5.74) is 4.15. The first-order chi connectivity index (χ1) is 10.2. The van der Waals surface area contributed by atoms with E-state index < -0.39 is 10.0 Å². The lowest BCUT2D eigenvalue weighted by molar-refractivity contribution is 0.598. The molecule has 0 saturated heterocycles. The molecule has 0 fully saturated rings. The van der Waals surface area contributed by atoms with E-state index in [1.165, 1.54) is 12.1 Å². The molecule has 2 aromatic carbocycles. The van der Waals surface area contributed by atoms with Gasteiger partial charge in [0.1, 0.15) is 0 Å². The van der Waals surface area contributed by atoms with Gasteiger partial charge in [-0.25, -0.2) is 13.6 Å². The van der Waals surface area contributed by atoms with Gasteiger partial charge in [-0.2, -0.15) is 0 Å². The minimum Gasteiger partial charge on any atom is -0.378 e. The van der Waals surface area contributed by atoms with Gasteiger partial charge in [0.05, 0.1) is 4.90 Å². The van der Waals surface area contributed by atoms with Crippen LogP contribution in [0.1, 0.15) is 0 Å². The summed E-state index contributed by atoms with van der Waals surface area (Å²) < 4.78 is 22.7. The van der Waals surface area contributed by atoms with E-state index >= 15 is 0 Å². The number of rotatable bonds is 4. The molecule has 2 aromatic rings. The molecule has 0 amide bonds. The Morgan fingerprint density at radius 2 is 1.45 bits per heavy atom. The molecule has 0 aliphatic rings. The predicted molar refractivity (Wildman–Crippen MR) is 91.9 cm³/mol. The van der Waals surface area contributed by atoms with E-state index in [9.17, 15) is 8.42 Å². The summed E-state index contributed by atoms with van der Waals surface area (Å²) in [5.74, 6) is 0. The predicted octanol–water partition coefficient (Wildman–Crippen LogP) is 2.13. The Labute approximate surface area is 132 Å². The monoisotopic (exact) mass is 319 g/mol. The van der Waals surface area contributed by atoms with Crippen molar-refractivity contribution < 1.29 is 8.42 Å². The summed E-state index contributed by atoms with van der Waals surface area (Å²) in [4.78, 5) is 4.20. The number of hydrogen-bond donors (Lipinski definition) is 1. The van der Waals surface area contributed by atoms with Crippen LogP contribution in [0.5, 0.6) is 0 Å². The summed E-state index contributed by atoms with van der Waals surface area (Å²) in [6.07, 6.45) is 0. The normalized spacial score (nSPS) is 11.3. The molecular formula is C16H21N3O2S. The van der Waals surface area contributed by atoms with Gasteiger partial charge >= 0.3 is 0 Å². The molecule has 0 spiro atoms. The van der Waals surface area contributed by atoms with Crippen LogP contribution in [0.15, 0.2) is 47.4 Å². The molecule has 0 atom stereocenters. The first kappa shape index (κ1) is 16.3. The highest BCUT2D eigenvalue weighted by Gasteiger charge is 2.11. The van der Waals surface area contributed by atoms with E-state index in [-0.39, 0.29) is 4.90 Å². The molecule has 5 nitrogen and oxygen atoms in total. The van der Waals surface area contributed by atoms with Crippen LogP contribution in [0.3, 0.4) is 0 Å². The van der Waals surface area contributed by atoms with Crippen LogP contribution in [0.4, 0.5) is 11.4 Å². The van der Waals surface area contributed by atoms with Crippen molar-refractivity contribution >= 4 is 21.4 Å². The highest BCUT2D eigenvalue weighted by molar-refractivity contribution is 7.89. The van der Waals surface area contributed by atoms with Crippen molar-refractivity contribution in [2.75, 3.05) is 38.0 Å². The largest absolute Gasteiger partial charge is 0.378 e. The number of sulfonamides is 1. The van der Waals surface area contributed by atoms with Gasteiger partial charge in [0.2, 0.25) is 10.0 Å². The Hall–Kier alpha value is -2.05. The van der Waals surface area contributed by atoms with Crippen LogP contribution in [0, 0.1) is 0 Å². The fourth-order valence-corrected chi connectivity index (χ4v) is 2.75. The zero-order valence-corrected chi connectivity index (χ0v) is 14.1. The van der Waals surface area contributed by atoms with Gasteiger partial charge in [-0.15, -0.1) is 0 Å². The van der Waals surface area contributed by atoms with E-state index in [1.807, 2.05) is 50.1 Å². The Bertz CT molecular complexity index is 766. The third-order valence-electron chi connectivity index (χ3n) is 3.47. The van der Waals surface area contributed by atoms with Crippen molar-refractivity contribution in [3.63, 3.8) is 0 Å². The number of primary sulfonamides is 1. The second kappa shape index (κ2) is 5.98. The molecule has 0 unspecified atom stereocenters. The Balaban J connectivity index is 2.52. The van der Waals surface area contributed by atoms with Crippen molar-refractivity contribution in [1.82, 2.24) is 0 Å². The Morgan fingerprint density at radius 3 is 1.91 bits per heavy atom. The van der Waals surface area contributed by atoms with Crippen LogP contribution in [0.25, 0.3) is 11.1 Å². The maximum absolute atomic E-state index is 11.3. The highest BCUT2D eigenvalue weighted by Crippen LogP contribution is 2.33. The van der Waals surface area contributed by atoms with E-state index in [1.54, 1.807) is 12.1 Å². The Kier molecular flexibility index (Phi) is 4.44. The van der Waals surface area contributed by atoms with Crippen molar-refractivity contribution in [2.45, 2.75) is 4.90 Å². The summed E-state index contributed by atoms with van der Waals surface area (Å²) in [6.45, 7) is 0. The quantitative estimate of drug-likeness (QED) is 0.937. The third-order valence-corrected chi connectivity index (χ3v) is 4.40. The second-order valence-corrected chi connectivity index (χ2v) is 7.12. The van der Waals surface area contributed by atoms with Gasteiger partial charge in [-0.3, -0.25) is 0 Å². The van der Waals surface area contributed by atoms with Gasteiger partial charge in [0.25, 0.3) is 0 Å². The molecule has 2 N–H and O–H groups in total. The number of benzene rings is 2. The minimum absolute atomic E-state index is 0.118. The molecular weight excluding hydrogens is 298 g/mol. The third kappa shape index (κ3) is 3.40. The molecule has 118 valence electrons. The van der Waals surface area contributed by atoms with Crippen LogP contribution < -0.4 is 14.9 Å². The molecule has 6 heteroatoms. The van der Waals surface area contributed by atoms with Gasteiger partial charge in [-0.05, 0) is 29.8 Å². The average Bonchev–Trinajstić information content (AvgIpc) is 2.45. The number of anilines is 2. The van der Waals surface area contributed by atoms with Crippen LogP contribution in [-0.2, 0) is 10.0 Å². The first-order valence-corrected chi connectivity index (χ1v) is 8.36. The van der Waals surface area contributed by atoms with Crippen molar-refractivity contribution in [3.05, 3.63) is 42.5 Å². The van der Waals surface area contributed by atoms with Crippen molar-refractivity contribution in [3.8, 4) is 11.1 Å². The highest BCUT2D eigenvalue weighted by atomic mass is 32.2. The van der Waals surface area contributed by atoms with Gasteiger partial charge < -0.3 is 9.80 Å². The van der Waals surface area contributed by atoms with E-state index in [0.717, 1.165) is 22.5 Å². The molecule has 0 bridgehead atoms. The van der Waals surface area contributed by atoms with E-state index in [0.29, 0.717) is 0 Å². The summed E-state index contributed by atoms with van der Waals surface area (Å²) in [5, 5.41) is 5.14. The van der Waals surface area contributed by atoms with Crippen molar-refractivity contribution in [2.24, 2.45) is 5.14 Å². The first-order valence-electron chi connectivity index (χ1n) is 6.82. The second-order valence-electron chi connectivity index (χ2n) is 5.56. The fraction of sp³-hybridized carbons (Fsp3) is 0.250. The molecule has 22 heavy (non-hydrogen) atoms. The number of hydrogen-bond acceptors (Lipinski definition) is 4. The molecule has 0 saturated carbocycles. The SMILES string of the molecule is CN(C)c1ccc(-c2ccc(S(N)(=O)=O)cc2)c(N(C)C)c1. The molecule has 0 aliphatic carbocycles. The maximum Gasteiger partial charge on any atom is 0.238 e. The maximum atomic E-state index is 11.3. The summed E-state index contributed by atoms with van der Waals surface area (Å²) >= 11 is 0. The average molecular weight is 319 g/mol. The molecule has 0 aliphatic heterocycles. The zero-order chi connectivity index (χ0) is 16.5. The van der Waals surface area contributed by atoms with Gasteiger partial charge in [0, 0.05) is 45.1 Å². The van der Waals surface area contributed by atoms with Crippen LogP contribution in [0.2, 0.25) is 0 Å². The fourth-order valence-electron chi connectivity index (χ4n) is 2.24. The topological polar surface area (TPSA) is 66.6 Å². The number of nitrogens with two attached hydrogens (primary N) is 1. The van der Waals surface area contributed by atoms with Crippen molar-refractivity contribution in [1.29, 1.82) is 0 Å². The minimum atomic E-state index is -3.66. The van der Waals surface area contributed by atoms with E-state index in [2.05, 4.69) is 6.07 Å².